The van der Waals surface area contributed by atoms with E-state index < -0.39 is 0 Å². The normalized spacial score (nSPS) is 12.1. The van der Waals surface area contributed by atoms with Gasteiger partial charge in [-0.05, 0) is 72.0 Å². The number of furan rings is 1. The summed E-state index contributed by atoms with van der Waals surface area (Å²) < 4.78 is 6.31. The van der Waals surface area contributed by atoms with Crippen LogP contribution in [0.1, 0.15) is 61.9 Å². The number of benzene rings is 2. The van der Waals surface area contributed by atoms with Crippen molar-refractivity contribution in [1.82, 2.24) is 9.97 Å². The highest BCUT2D eigenvalue weighted by atomic mass is 16.3. The zero-order valence-electron chi connectivity index (χ0n) is 19.1. The van der Waals surface area contributed by atoms with Gasteiger partial charge in [0.05, 0.1) is 5.69 Å². The highest BCUT2D eigenvalue weighted by Crippen LogP contribution is 2.40. The molecule has 0 aliphatic carbocycles. The molecule has 5 rings (SSSR count). The molecule has 0 bridgehead atoms. The molecule has 0 spiro atoms. The first-order valence-electron chi connectivity index (χ1n) is 11.1. The van der Waals surface area contributed by atoms with E-state index in [4.69, 9.17) is 9.40 Å². The average molecular weight is 409 g/mol. The second kappa shape index (κ2) is 7.19. The van der Waals surface area contributed by atoms with Gasteiger partial charge in [-0.1, -0.05) is 45.9 Å². The summed E-state index contributed by atoms with van der Waals surface area (Å²) in [6.45, 7) is 13.1. The number of pyridine rings is 2. The van der Waals surface area contributed by atoms with E-state index in [-0.39, 0.29) is 0 Å². The summed E-state index contributed by atoms with van der Waals surface area (Å²) in [5.74, 6) is 0.888. The van der Waals surface area contributed by atoms with Crippen LogP contribution in [0.5, 0.6) is 0 Å². The van der Waals surface area contributed by atoms with Crippen molar-refractivity contribution in [2.45, 2.75) is 53.4 Å². The van der Waals surface area contributed by atoms with Crippen LogP contribution in [0.25, 0.3) is 44.1 Å². The molecule has 0 radical (unpaired) electrons. The lowest BCUT2D eigenvalue weighted by Crippen LogP contribution is -1.97. The van der Waals surface area contributed by atoms with Crippen LogP contribution >= 0.6 is 0 Å². The molecule has 3 aromatic heterocycles. The van der Waals surface area contributed by atoms with E-state index in [0.717, 1.165) is 33.3 Å². The minimum absolute atomic E-state index is 0.405. The summed E-state index contributed by atoms with van der Waals surface area (Å²) in [4.78, 5) is 9.59. The smallest absolute Gasteiger partial charge is 0.227 e. The Labute approximate surface area is 183 Å². The van der Waals surface area contributed by atoms with Gasteiger partial charge in [0.2, 0.25) is 5.71 Å². The Hall–Kier alpha value is -3.20. The summed E-state index contributed by atoms with van der Waals surface area (Å²) in [6, 6.07) is 15.3. The summed E-state index contributed by atoms with van der Waals surface area (Å²) in [5, 5.41) is 4.60. The van der Waals surface area contributed by atoms with Crippen LogP contribution < -0.4 is 0 Å². The van der Waals surface area contributed by atoms with Crippen molar-refractivity contribution in [2.75, 3.05) is 0 Å². The summed E-state index contributed by atoms with van der Waals surface area (Å²) in [5.41, 5.74) is 8.33. The molecule has 0 fully saturated rings. The maximum absolute atomic E-state index is 6.31. The fraction of sp³-hybridized carbons (Fsp3) is 0.286. The highest BCUT2D eigenvalue weighted by molar-refractivity contribution is 6.11. The molecule has 2 aromatic carbocycles. The van der Waals surface area contributed by atoms with Gasteiger partial charge >= 0.3 is 0 Å². The molecule has 0 saturated heterocycles. The average Bonchev–Trinajstić information content (AvgIpc) is 3.09. The molecule has 5 aromatic rings. The highest BCUT2D eigenvalue weighted by Gasteiger charge is 2.19. The van der Waals surface area contributed by atoms with Crippen molar-refractivity contribution < 1.29 is 4.42 Å². The van der Waals surface area contributed by atoms with E-state index in [0.29, 0.717) is 17.5 Å². The first kappa shape index (κ1) is 19.7. The summed E-state index contributed by atoms with van der Waals surface area (Å²) in [7, 11) is 0. The third kappa shape index (κ3) is 3.20. The summed E-state index contributed by atoms with van der Waals surface area (Å²) in [6.07, 6.45) is 2.05. The molecule has 3 nitrogen and oxygen atoms in total. The van der Waals surface area contributed by atoms with Gasteiger partial charge in [0.1, 0.15) is 5.58 Å². The fourth-order valence-electron chi connectivity index (χ4n) is 4.49. The van der Waals surface area contributed by atoms with Crippen LogP contribution in [0.4, 0.5) is 0 Å². The third-order valence-corrected chi connectivity index (χ3v) is 6.21. The number of fused-ring (bicyclic) bond motifs is 4. The molecule has 0 saturated carbocycles. The topological polar surface area (TPSA) is 38.9 Å². The number of nitrogens with zero attached hydrogens (tertiary/aromatic N) is 2. The molecular formula is C28H28N2O. The molecule has 0 unspecified atom stereocenters. The van der Waals surface area contributed by atoms with E-state index >= 15 is 0 Å². The van der Waals surface area contributed by atoms with Gasteiger partial charge in [-0.15, -0.1) is 0 Å². The molecule has 3 heterocycles. The van der Waals surface area contributed by atoms with Crippen LogP contribution in [0.3, 0.4) is 0 Å². The van der Waals surface area contributed by atoms with Gasteiger partial charge in [0.15, 0.2) is 0 Å². The van der Waals surface area contributed by atoms with Gasteiger partial charge in [0.25, 0.3) is 0 Å². The predicted octanol–water partition coefficient (Wildman–Crippen LogP) is 8.06. The molecule has 156 valence electrons. The van der Waals surface area contributed by atoms with Gasteiger partial charge in [-0.3, -0.25) is 4.98 Å². The van der Waals surface area contributed by atoms with Crippen molar-refractivity contribution in [2.24, 2.45) is 0 Å². The molecule has 0 atom stereocenters. The SMILES string of the molecule is Cc1cc(-c2ncc(C(C)C)c3cc(C(C)C)ccc23)c2oc3nc(C)ccc3c2c1. The number of hydrogen-bond donors (Lipinski definition) is 0. The number of rotatable bonds is 3. The van der Waals surface area contributed by atoms with E-state index in [1.54, 1.807) is 0 Å². The van der Waals surface area contributed by atoms with Gasteiger partial charge in [-0.2, -0.15) is 0 Å². The minimum Gasteiger partial charge on any atom is -0.437 e. The zero-order valence-corrected chi connectivity index (χ0v) is 19.1. The van der Waals surface area contributed by atoms with E-state index in [1.165, 1.54) is 27.5 Å². The molecule has 0 N–H and O–H groups in total. The van der Waals surface area contributed by atoms with E-state index in [1.807, 2.05) is 19.2 Å². The Morgan fingerprint density at radius 2 is 1.55 bits per heavy atom. The maximum atomic E-state index is 6.31. The van der Waals surface area contributed by atoms with Crippen LogP contribution in [0, 0.1) is 13.8 Å². The largest absolute Gasteiger partial charge is 0.437 e. The second-order valence-electron chi connectivity index (χ2n) is 9.27. The molecule has 3 heteroatoms. The lowest BCUT2D eigenvalue weighted by molar-refractivity contribution is 0.653. The Balaban J connectivity index is 1.87. The van der Waals surface area contributed by atoms with Gasteiger partial charge < -0.3 is 4.42 Å². The lowest BCUT2D eigenvalue weighted by Gasteiger charge is -2.16. The first-order chi connectivity index (χ1) is 14.8. The van der Waals surface area contributed by atoms with E-state index in [2.05, 4.69) is 76.0 Å². The van der Waals surface area contributed by atoms with Crippen LogP contribution in [-0.2, 0) is 0 Å². The minimum atomic E-state index is 0.405. The molecular weight excluding hydrogens is 380 g/mol. The maximum Gasteiger partial charge on any atom is 0.227 e. The van der Waals surface area contributed by atoms with Crippen molar-refractivity contribution in [3.63, 3.8) is 0 Å². The number of aromatic nitrogens is 2. The number of hydrogen-bond acceptors (Lipinski definition) is 3. The van der Waals surface area contributed by atoms with Crippen LogP contribution in [0.2, 0.25) is 0 Å². The molecule has 31 heavy (non-hydrogen) atoms. The van der Waals surface area contributed by atoms with E-state index in [9.17, 15) is 0 Å². The van der Waals surface area contributed by atoms with Crippen molar-refractivity contribution in [3.05, 3.63) is 71.0 Å². The van der Waals surface area contributed by atoms with Crippen LogP contribution in [-0.4, -0.2) is 9.97 Å². The van der Waals surface area contributed by atoms with Gasteiger partial charge in [-0.25, -0.2) is 4.98 Å². The van der Waals surface area contributed by atoms with Gasteiger partial charge in [0, 0.05) is 33.6 Å². The monoisotopic (exact) mass is 408 g/mol. The second-order valence-corrected chi connectivity index (χ2v) is 9.27. The van der Waals surface area contributed by atoms with Crippen molar-refractivity contribution in [3.8, 4) is 11.3 Å². The Kier molecular flexibility index (Phi) is 4.58. The molecule has 0 aliphatic heterocycles. The quantitative estimate of drug-likeness (QED) is 0.303. The predicted molar refractivity (Wildman–Crippen MR) is 130 cm³/mol. The number of aryl methyl sites for hydroxylation is 2. The molecule has 0 aliphatic rings. The van der Waals surface area contributed by atoms with Crippen LogP contribution in [0.15, 0.2) is 53.1 Å². The fourth-order valence-corrected chi connectivity index (χ4v) is 4.49. The Bertz CT molecular complexity index is 1460. The van der Waals surface area contributed by atoms with Crippen molar-refractivity contribution in [1.29, 1.82) is 0 Å². The summed E-state index contributed by atoms with van der Waals surface area (Å²) >= 11 is 0. The van der Waals surface area contributed by atoms with Crippen molar-refractivity contribution >= 4 is 32.8 Å². The Morgan fingerprint density at radius 3 is 2.29 bits per heavy atom. The lowest BCUT2D eigenvalue weighted by atomic mass is 9.91. The Morgan fingerprint density at radius 1 is 0.774 bits per heavy atom. The zero-order chi connectivity index (χ0) is 21.9. The molecule has 0 amide bonds. The standard InChI is InChI=1S/C28H28N2O/c1-15(2)19-8-10-20-22(13-19)25(16(3)4)14-29-26(20)24-12-17(5)11-23-21-9-7-18(6)30-28(21)31-27(23)24/h7-16H,1-6H3. The third-order valence-electron chi connectivity index (χ3n) is 6.21. The first-order valence-corrected chi connectivity index (χ1v) is 11.1.